The SMILES string of the molecule is N#Cc1cccc([Si](c2ccccc2)(c2ccccc2)c2ccccc2-c2ccc(-n3c4ccccc4c4ccccc43)cc2)c1. The van der Waals surface area contributed by atoms with Gasteiger partial charge >= 0.3 is 0 Å². The molecule has 0 aliphatic carbocycles. The van der Waals surface area contributed by atoms with E-state index in [-0.39, 0.29) is 0 Å². The zero-order valence-electron chi connectivity index (χ0n) is 25.2. The van der Waals surface area contributed by atoms with E-state index in [4.69, 9.17) is 0 Å². The predicted octanol–water partition coefficient (Wildman–Crippen LogP) is 7.70. The van der Waals surface area contributed by atoms with E-state index >= 15 is 0 Å². The van der Waals surface area contributed by atoms with Crippen LogP contribution in [0.4, 0.5) is 0 Å². The average Bonchev–Trinajstić information content (AvgIpc) is 3.48. The second-order valence-corrected chi connectivity index (χ2v) is 15.4. The molecule has 7 aromatic carbocycles. The standard InChI is InChI=1S/C43H30N2Si/c44-31-32-14-13-19-37(30-32)46(35-15-3-1-4-16-35,36-17-5-2-6-18-36)43-25-12-9-20-38(43)33-26-28-34(29-27-33)45-41-23-10-7-21-39(41)40-22-8-11-24-42(40)45/h1-30H. The van der Waals surface area contributed by atoms with Gasteiger partial charge in [0.2, 0.25) is 0 Å². The number of rotatable bonds is 6. The summed E-state index contributed by atoms with van der Waals surface area (Å²) in [5.41, 5.74) is 6.59. The normalized spacial score (nSPS) is 11.5. The van der Waals surface area contributed by atoms with Gasteiger partial charge in [0.05, 0.1) is 22.7 Å². The molecule has 2 nitrogen and oxygen atoms in total. The zero-order chi connectivity index (χ0) is 30.9. The molecular weight excluding hydrogens is 573 g/mol. The Morgan fingerprint density at radius 3 is 1.59 bits per heavy atom. The number of aromatic nitrogens is 1. The third kappa shape index (κ3) is 4.39. The molecular formula is C43H30N2Si. The second kappa shape index (κ2) is 11.5. The van der Waals surface area contributed by atoms with Crippen LogP contribution in [0, 0.1) is 11.3 Å². The first-order valence-corrected chi connectivity index (χ1v) is 17.6. The highest BCUT2D eigenvalue weighted by atomic mass is 28.3. The Morgan fingerprint density at radius 1 is 0.457 bits per heavy atom. The van der Waals surface area contributed by atoms with E-state index in [1.54, 1.807) is 0 Å². The molecule has 0 amide bonds. The van der Waals surface area contributed by atoms with Crippen molar-refractivity contribution < 1.29 is 0 Å². The lowest BCUT2D eigenvalue weighted by molar-refractivity contribution is 1.18. The molecule has 0 aliphatic heterocycles. The Bertz CT molecular complexity index is 2270. The van der Waals surface area contributed by atoms with Crippen molar-refractivity contribution in [3.05, 3.63) is 188 Å². The topological polar surface area (TPSA) is 28.7 Å². The Hall–Kier alpha value is -5.95. The average molecular weight is 603 g/mol. The van der Waals surface area contributed by atoms with Crippen LogP contribution in [0.1, 0.15) is 5.56 Å². The van der Waals surface area contributed by atoms with Crippen molar-refractivity contribution in [2.45, 2.75) is 0 Å². The molecule has 0 unspecified atom stereocenters. The first-order valence-electron chi connectivity index (χ1n) is 15.6. The van der Waals surface area contributed by atoms with Crippen LogP contribution in [-0.4, -0.2) is 12.6 Å². The Balaban J connectivity index is 1.37. The Morgan fingerprint density at radius 2 is 0.978 bits per heavy atom. The molecule has 8 aromatic rings. The lowest BCUT2D eigenvalue weighted by Crippen LogP contribution is -2.75. The van der Waals surface area contributed by atoms with Crippen molar-refractivity contribution >= 4 is 50.6 Å². The minimum Gasteiger partial charge on any atom is -0.309 e. The van der Waals surface area contributed by atoms with Crippen LogP contribution in [-0.2, 0) is 0 Å². The van der Waals surface area contributed by atoms with E-state index in [1.807, 2.05) is 12.1 Å². The number of hydrogen-bond donors (Lipinski definition) is 0. The molecule has 1 aromatic heterocycles. The fourth-order valence-corrected chi connectivity index (χ4v) is 12.2. The zero-order valence-corrected chi connectivity index (χ0v) is 26.2. The van der Waals surface area contributed by atoms with Gasteiger partial charge in [-0.2, -0.15) is 5.26 Å². The maximum Gasteiger partial charge on any atom is 0.180 e. The molecule has 0 aliphatic rings. The molecule has 0 bridgehead atoms. The highest BCUT2D eigenvalue weighted by Crippen LogP contribution is 2.32. The van der Waals surface area contributed by atoms with E-state index in [0.29, 0.717) is 5.56 Å². The molecule has 0 saturated carbocycles. The van der Waals surface area contributed by atoms with E-state index in [1.165, 1.54) is 53.7 Å². The highest BCUT2D eigenvalue weighted by molar-refractivity contribution is 7.20. The van der Waals surface area contributed by atoms with Gasteiger partial charge in [-0.05, 0) is 68.3 Å². The molecule has 0 fully saturated rings. The summed E-state index contributed by atoms with van der Waals surface area (Å²) < 4.78 is 2.36. The van der Waals surface area contributed by atoms with Crippen molar-refractivity contribution in [3.63, 3.8) is 0 Å². The second-order valence-electron chi connectivity index (χ2n) is 11.6. The first-order chi connectivity index (χ1) is 22.8. The summed E-state index contributed by atoms with van der Waals surface area (Å²) in [6.45, 7) is 0. The number of hydrogen-bond acceptors (Lipinski definition) is 1. The molecule has 3 heteroatoms. The molecule has 0 N–H and O–H groups in total. The fraction of sp³-hybridized carbons (Fsp3) is 0. The van der Waals surface area contributed by atoms with Gasteiger partial charge in [0.25, 0.3) is 0 Å². The molecule has 0 spiro atoms. The minimum absolute atomic E-state index is 0.675. The van der Waals surface area contributed by atoms with E-state index in [2.05, 4.69) is 180 Å². The van der Waals surface area contributed by atoms with Gasteiger partial charge in [-0.3, -0.25) is 0 Å². The minimum atomic E-state index is -2.87. The van der Waals surface area contributed by atoms with Crippen molar-refractivity contribution in [2.75, 3.05) is 0 Å². The van der Waals surface area contributed by atoms with Gasteiger partial charge < -0.3 is 4.57 Å². The fourth-order valence-electron chi connectivity index (χ4n) is 7.22. The van der Waals surface area contributed by atoms with E-state index < -0.39 is 8.07 Å². The molecule has 0 saturated heterocycles. The summed E-state index contributed by atoms with van der Waals surface area (Å²) in [6.07, 6.45) is 0. The van der Waals surface area contributed by atoms with Gasteiger partial charge in [-0.15, -0.1) is 0 Å². The Labute approximate surface area is 270 Å². The van der Waals surface area contributed by atoms with Gasteiger partial charge in [-0.1, -0.05) is 146 Å². The van der Waals surface area contributed by atoms with Gasteiger partial charge in [0.15, 0.2) is 8.07 Å². The summed E-state index contributed by atoms with van der Waals surface area (Å²) in [5.74, 6) is 0. The maximum atomic E-state index is 9.97. The van der Waals surface area contributed by atoms with Gasteiger partial charge in [-0.25, -0.2) is 0 Å². The van der Waals surface area contributed by atoms with Crippen LogP contribution in [0.2, 0.25) is 0 Å². The summed E-state index contributed by atoms with van der Waals surface area (Å²) in [5, 5.41) is 17.5. The number of nitriles is 1. The molecule has 216 valence electrons. The van der Waals surface area contributed by atoms with Crippen molar-refractivity contribution in [1.82, 2.24) is 4.57 Å². The smallest absolute Gasteiger partial charge is 0.180 e. The number of nitrogens with zero attached hydrogens (tertiary/aromatic N) is 2. The molecule has 0 atom stereocenters. The third-order valence-electron chi connectivity index (χ3n) is 9.19. The van der Waals surface area contributed by atoms with Crippen LogP contribution >= 0.6 is 0 Å². The molecule has 8 rings (SSSR count). The van der Waals surface area contributed by atoms with Crippen LogP contribution in [0.5, 0.6) is 0 Å². The van der Waals surface area contributed by atoms with E-state index in [0.717, 1.165) is 5.69 Å². The van der Waals surface area contributed by atoms with Crippen LogP contribution in [0.15, 0.2) is 182 Å². The highest BCUT2D eigenvalue weighted by Gasteiger charge is 2.43. The quantitative estimate of drug-likeness (QED) is 0.142. The van der Waals surface area contributed by atoms with Crippen molar-refractivity contribution in [2.24, 2.45) is 0 Å². The monoisotopic (exact) mass is 602 g/mol. The summed E-state index contributed by atoms with van der Waals surface area (Å²) in [4.78, 5) is 0. The predicted molar refractivity (Wildman–Crippen MR) is 195 cm³/mol. The largest absolute Gasteiger partial charge is 0.309 e. The third-order valence-corrected chi connectivity index (χ3v) is 14.0. The van der Waals surface area contributed by atoms with Gasteiger partial charge in [0, 0.05) is 16.5 Å². The van der Waals surface area contributed by atoms with Crippen molar-refractivity contribution in [3.8, 4) is 22.9 Å². The molecule has 0 radical (unpaired) electrons. The molecule has 1 heterocycles. The lowest BCUT2D eigenvalue weighted by atomic mass is 10.1. The summed E-state index contributed by atoms with van der Waals surface area (Å²) >= 11 is 0. The van der Waals surface area contributed by atoms with Crippen LogP contribution in [0.3, 0.4) is 0 Å². The number of fused-ring (bicyclic) bond motifs is 3. The number of benzene rings is 7. The lowest BCUT2D eigenvalue weighted by Gasteiger charge is -2.36. The van der Waals surface area contributed by atoms with Gasteiger partial charge in [0.1, 0.15) is 0 Å². The van der Waals surface area contributed by atoms with E-state index in [9.17, 15) is 5.26 Å². The van der Waals surface area contributed by atoms with Crippen LogP contribution in [0.25, 0.3) is 38.6 Å². The summed E-state index contributed by atoms with van der Waals surface area (Å²) in [7, 11) is -2.87. The van der Waals surface area contributed by atoms with Crippen molar-refractivity contribution in [1.29, 1.82) is 5.26 Å². The number of para-hydroxylation sites is 2. The maximum absolute atomic E-state index is 9.97. The Kier molecular flexibility index (Phi) is 6.91. The molecule has 46 heavy (non-hydrogen) atoms. The van der Waals surface area contributed by atoms with Crippen LogP contribution < -0.4 is 20.7 Å². The first kappa shape index (κ1) is 27.6. The summed E-state index contributed by atoms with van der Waals surface area (Å²) in [6, 6.07) is 67.6.